The minimum Gasteiger partial charge on any atom is -0.481 e. The van der Waals surface area contributed by atoms with Crippen molar-refractivity contribution in [1.82, 2.24) is 16.0 Å². The summed E-state index contributed by atoms with van der Waals surface area (Å²) < 4.78 is 0. The van der Waals surface area contributed by atoms with Gasteiger partial charge in [-0.1, -0.05) is 31.2 Å². The van der Waals surface area contributed by atoms with Gasteiger partial charge in [-0.25, -0.2) is 9.68 Å². The normalized spacial score (nSPS) is 13.1. The first-order valence-electron chi connectivity index (χ1n) is 11.2. The minimum atomic E-state index is -1.37. The number of carboxylic acid groups (broad SMARTS) is 2. The summed E-state index contributed by atoms with van der Waals surface area (Å²) in [5, 5.41) is 34.2. The zero-order chi connectivity index (χ0) is 27.1. The van der Waals surface area contributed by atoms with Crippen LogP contribution < -0.4 is 16.0 Å². The van der Waals surface area contributed by atoms with Gasteiger partial charge in [-0.15, -0.1) is 0 Å². The van der Waals surface area contributed by atoms with Gasteiger partial charge in [0.15, 0.2) is 5.78 Å². The van der Waals surface area contributed by atoms with Crippen LogP contribution in [0.5, 0.6) is 0 Å². The molecule has 0 spiro atoms. The van der Waals surface area contributed by atoms with Gasteiger partial charge in [-0.05, 0) is 17.5 Å². The maximum atomic E-state index is 12.9. The van der Waals surface area contributed by atoms with Crippen molar-refractivity contribution in [1.29, 1.82) is 0 Å². The van der Waals surface area contributed by atoms with Crippen LogP contribution in [0.4, 0.5) is 0 Å². The number of benzene rings is 1. The highest BCUT2D eigenvalue weighted by atomic mass is 17.1. The topological polar surface area (TPSA) is 208 Å². The summed E-state index contributed by atoms with van der Waals surface area (Å²) in [5.74, 6) is -6.17. The van der Waals surface area contributed by atoms with E-state index < -0.39 is 60.4 Å². The molecule has 13 heteroatoms. The summed E-state index contributed by atoms with van der Waals surface area (Å²) in [4.78, 5) is 74.8. The van der Waals surface area contributed by atoms with E-state index in [9.17, 15) is 28.8 Å². The fourth-order valence-corrected chi connectivity index (χ4v) is 3.33. The summed E-state index contributed by atoms with van der Waals surface area (Å²) >= 11 is 0. The van der Waals surface area contributed by atoms with Crippen LogP contribution in [0, 0.1) is 5.92 Å². The van der Waals surface area contributed by atoms with Crippen molar-refractivity contribution in [3.63, 3.8) is 0 Å². The zero-order valence-electron chi connectivity index (χ0n) is 19.8. The molecule has 3 amide bonds. The summed E-state index contributed by atoms with van der Waals surface area (Å²) in [5.41, 5.74) is 1.43. The highest BCUT2D eigenvalue weighted by Gasteiger charge is 2.31. The molecule has 3 atom stereocenters. The van der Waals surface area contributed by atoms with Gasteiger partial charge >= 0.3 is 11.9 Å². The standard InChI is InChI=1S/C23H31N3O10/c1-2-17(23(33)34)26-22(32)16(11-21(30)31)10-19(28)18(7-8-36-35)25-20(29)9-14-3-5-15(6-4-14)12-24-13-27/h3-6,13,16-18,35H,2,7-12H2,1H3,(H,24,27)(H,25,29)(H,26,32)(H,30,31)(H,33,34)/t16-,17-,18-/m1/s1. The Labute approximate surface area is 207 Å². The van der Waals surface area contributed by atoms with Crippen molar-refractivity contribution in [2.24, 2.45) is 5.92 Å². The van der Waals surface area contributed by atoms with E-state index in [1.54, 1.807) is 24.3 Å². The van der Waals surface area contributed by atoms with Crippen LogP contribution in [-0.2, 0) is 46.6 Å². The Morgan fingerprint density at radius 3 is 2.14 bits per heavy atom. The second-order valence-corrected chi connectivity index (χ2v) is 8.01. The molecule has 1 aromatic rings. The average molecular weight is 510 g/mol. The van der Waals surface area contributed by atoms with Gasteiger partial charge in [0.1, 0.15) is 6.04 Å². The van der Waals surface area contributed by atoms with Crippen molar-refractivity contribution in [3.05, 3.63) is 35.4 Å². The Morgan fingerprint density at radius 1 is 0.972 bits per heavy atom. The van der Waals surface area contributed by atoms with Crippen molar-refractivity contribution in [2.45, 2.75) is 57.7 Å². The number of rotatable bonds is 18. The molecule has 0 fully saturated rings. The van der Waals surface area contributed by atoms with E-state index in [0.717, 1.165) is 5.56 Å². The molecule has 36 heavy (non-hydrogen) atoms. The second kappa shape index (κ2) is 15.9. The van der Waals surface area contributed by atoms with Crippen LogP contribution >= 0.6 is 0 Å². The van der Waals surface area contributed by atoms with Gasteiger partial charge in [-0.3, -0.25) is 29.2 Å². The lowest BCUT2D eigenvalue weighted by Crippen LogP contribution is -2.46. The number of Topliss-reactive ketones (excluding diaryl/α,β-unsaturated/α-hetero) is 1. The molecule has 0 radical (unpaired) electrons. The van der Waals surface area contributed by atoms with E-state index in [-0.39, 0.29) is 25.9 Å². The van der Waals surface area contributed by atoms with Gasteiger partial charge in [0.2, 0.25) is 18.2 Å². The maximum absolute atomic E-state index is 12.9. The van der Waals surface area contributed by atoms with Crippen LogP contribution in [0.1, 0.15) is 43.7 Å². The number of nitrogens with one attached hydrogen (secondary N) is 3. The lowest BCUT2D eigenvalue weighted by molar-refractivity contribution is -0.243. The highest BCUT2D eigenvalue weighted by Crippen LogP contribution is 2.14. The van der Waals surface area contributed by atoms with E-state index in [1.807, 2.05) is 0 Å². The SMILES string of the molecule is CC[C@@H](NC(=O)[C@@H](CC(=O)O)CC(=O)[C@@H](CCOO)NC(=O)Cc1ccc(CNC=O)cc1)C(=O)O. The van der Waals surface area contributed by atoms with Crippen LogP contribution in [-0.4, -0.2) is 70.1 Å². The number of carbonyl (C=O) groups is 6. The maximum Gasteiger partial charge on any atom is 0.326 e. The molecular weight excluding hydrogens is 478 g/mol. The molecule has 13 nitrogen and oxygen atoms in total. The number of carboxylic acids is 2. The largest absolute Gasteiger partial charge is 0.481 e. The number of hydrogen-bond donors (Lipinski definition) is 6. The lowest BCUT2D eigenvalue weighted by Gasteiger charge is -2.21. The number of amides is 3. The number of carbonyl (C=O) groups excluding carboxylic acids is 4. The van der Waals surface area contributed by atoms with Crippen molar-refractivity contribution >= 4 is 35.9 Å². The smallest absolute Gasteiger partial charge is 0.326 e. The molecule has 0 saturated heterocycles. The molecule has 0 aliphatic carbocycles. The van der Waals surface area contributed by atoms with E-state index in [2.05, 4.69) is 20.8 Å². The monoisotopic (exact) mass is 509 g/mol. The number of aliphatic carboxylic acids is 2. The number of hydrogen-bond acceptors (Lipinski definition) is 8. The van der Waals surface area contributed by atoms with E-state index in [0.29, 0.717) is 18.5 Å². The average Bonchev–Trinajstić information content (AvgIpc) is 2.83. The summed E-state index contributed by atoms with van der Waals surface area (Å²) in [6.07, 6.45) is -0.935. The fraction of sp³-hybridized carbons (Fsp3) is 0.478. The highest BCUT2D eigenvalue weighted by molar-refractivity contribution is 5.94. The van der Waals surface area contributed by atoms with Crippen LogP contribution in [0.2, 0.25) is 0 Å². The first-order chi connectivity index (χ1) is 17.1. The Morgan fingerprint density at radius 2 is 1.61 bits per heavy atom. The van der Waals surface area contributed by atoms with Crippen LogP contribution in [0.3, 0.4) is 0 Å². The van der Waals surface area contributed by atoms with Crippen LogP contribution in [0.25, 0.3) is 0 Å². The molecule has 0 aliphatic heterocycles. The quantitative estimate of drug-likeness (QED) is 0.0877. The first kappa shape index (κ1) is 30.2. The van der Waals surface area contributed by atoms with E-state index in [4.69, 9.17) is 15.5 Å². The minimum absolute atomic E-state index is 0.0515. The second-order valence-electron chi connectivity index (χ2n) is 8.01. The molecule has 0 aliphatic rings. The van der Waals surface area contributed by atoms with Crippen molar-refractivity contribution in [3.8, 4) is 0 Å². The molecule has 1 rings (SSSR count). The lowest BCUT2D eigenvalue weighted by atomic mass is 9.93. The Hall–Kier alpha value is -3.84. The van der Waals surface area contributed by atoms with Gasteiger partial charge in [0.05, 0.1) is 31.4 Å². The first-order valence-corrected chi connectivity index (χ1v) is 11.2. The van der Waals surface area contributed by atoms with E-state index in [1.165, 1.54) is 6.92 Å². The van der Waals surface area contributed by atoms with Gasteiger partial charge in [0.25, 0.3) is 0 Å². The Bertz CT molecular complexity index is 919. The van der Waals surface area contributed by atoms with Gasteiger partial charge < -0.3 is 26.2 Å². The third kappa shape index (κ3) is 11.1. The summed E-state index contributed by atoms with van der Waals surface area (Å²) in [6, 6.07) is 4.35. The molecule has 0 aromatic heterocycles. The zero-order valence-corrected chi connectivity index (χ0v) is 19.8. The molecule has 0 heterocycles. The summed E-state index contributed by atoms with van der Waals surface area (Å²) in [6.45, 7) is 1.53. The molecule has 198 valence electrons. The molecule has 1 aromatic carbocycles. The summed E-state index contributed by atoms with van der Waals surface area (Å²) in [7, 11) is 0. The third-order valence-corrected chi connectivity index (χ3v) is 5.26. The predicted molar refractivity (Wildman–Crippen MR) is 123 cm³/mol. The van der Waals surface area contributed by atoms with Crippen LogP contribution in [0.15, 0.2) is 24.3 Å². The molecule has 0 saturated carbocycles. The van der Waals surface area contributed by atoms with Gasteiger partial charge in [-0.2, -0.15) is 0 Å². The van der Waals surface area contributed by atoms with Crippen molar-refractivity contribution in [2.75, 3.05) is 6.61 Å². The van der Waals surface area contributed by atoms with Gasteiger partial charge in [0, 0.05) is 19.4 Å². The third-order valence-electron chi connectivity index (χ3n) is 5.26. The van der Waals surface area contributed by atoms with Crippen molar-refractivity contribution < 1.29 is 49.1 Å². The predicted octanol–water partition coefficient (Wildman–Crippen LogP) is -0.131. The molecule has 0 bridgehead atoms. The number of ketones is 1. The van der Waals surface area contributed by atoms with E-state index >= 15 is 0 Å². The fourth-order valence-electron chi connectivity index (χ4n) is 3.33. The molecule has 6 N–H and O–H groups in total. The molecular formula is C23H31N3O10. The Balaban J connectivity index is 2.88. The molecule has 0 unspecified atom stereocenters. The Kier molecular flexibility index (Phi) is 13.4.